The molecule has 0 aliphatic carbocycles. The van der Waals surface area contributed by atoms with Crippen molar-refractivity contribution in [2.45, 2.75) is 38.9 Å². The van der Waals surface area contributed by atoms with Crippen LogP contribution >= 0.6 is 11.6 Å². The number of benzene rings is 2. The van der Waals surface area contributed by atoms with E-state index in [1.54, 1.807) is 0 Å². The maximum atomic E-state index is 13.1. The summed E-state index contributed by atoms with van der Waals surface area (Å²) in [4.78, 5) is 27.5. The third-order valence-electron chi connectivity index (χ3n) is 4.31. The molecule has 1 atom stereocenters. The first-order chi connectivity index (χ1) is 12.6. The van der Waals surface area contributed by atoms with Crippen LogP contribution < -0.4 is 5.32 Å². The monoisotopic (exact) mass is 388 g/mol. The molecule has 3 rings (SSSR count). The van der Waals surface area contributed by atoms with Crippen molar-refractivity contribution in [3.63, 3.8) is 0 Å². The van der Waals surface area contributed by atoms with E-state index in [2.05, 4.69) is 5.32 Å². The molecule has 0 bridgehead atoms. The van der Waals surface area contributed by atoms with Gasteiger partial charge in [-0.25, -0.2) is 0 Å². The number of carbonyl (C=O) groups excluding carboxylic acids is 2. The summed E-state index contributed by atoms with van der Waals surface area (Å²) in [6.07, 6.45) is 0. The minimum absolute atomic E-state index is 0.0523. The van der Waals surface area contributed by atoms with E-state index in [0.717, 1.165) is 17.2 Å². The van der Waals surface area contributed by atoms with Crippen LogP contribution in [-0.2, 0) is 11.3 Å². The van der Waals surface area contributed by atoms with E-state index in [-0.39, 0.29) is 28.8 Å². The Morgan fingerprint density at radius 1 is 1.15 bits per heavy atom. The van der Waals surface area contributed by atoms with Gasteiger partial charge in [0.05, 0.1) is 10.6 Å². The van der Waals surface area contributed by atoms with Gasteiger partial charge in [0.1, 0.15) is 17.5 Å². The summed E-state index contributed by atoms with van der Waals surface area (Å²) in [6, 6.07) is 8.75. The number of hydrogen-bond donors (Lipinski definition) is 3. The highest BCUT2D eigenvalue weighted by atomic mass is 35.5. The number of carbonyl (C=O) groups is 2. The Bertz CT molecular complexity index is 921. The number of phenolic OH excluding ortho intramolecular Hbond substituents is 2. The second-order valence-electron chi connectivity index (χ2n) is 7.59. The predicted octanol–water partition coefficient (Wildman–Crippen LogP) is 3.36. The van der Waals surface area contributed by atoms with Crippen LogP contribution in [-0.4, -0.2) is 32.5 Å². The molecule has 1 unspecified atom stereocenters. The summed E-state index contributed by atoms with van der Waals surface area (Å²) in [7, 11) is 0. The van der Waals surface area contributed by atoms with Crippen molar-refractivity contribution in [3.8, 4) is 11.5 Å². The third kappa shape index (κ3) is 3.71. The van der Waals surface area contributed by atoms with Crippen molar-refractivity contribution >= 4 is 23.4 Å². The summed E-state index contributed by atoms with van der Waals surface area (Å²) < 4.78 is 0. The lowest BCUT2D eigenvalue weighted by Crippen LogP contribution is -2.47. The van der Waals surface area contributed by atoms with Gasteiger partial charge in [-0.2, -0.15) is 0 Å². The molecule has 0 fully saturated rings. The van der Waals surface area contributed by atoms with Gasteiger partial charge in [0.2, 0.25) is 5.91 Å². The first-order valence-corrected chi connectivity index (χ1v) is 8.88. The number of aromatic hydroxyl groups is 2. The van der Waals surface area contributed by atoms with Crippen LogP contribution in [0.25, 0.3) is 0 Å². The Labute approximate surface area is 162 Å². The third-order valence-corrected chi connectivity index (χ3v) is 4.61. The second kappa shape index (κ2) is 6.78. The van der Waals surface area contributed by atoms with Gasteiger partial charge in [0, 0.05) is 18.2 Å². The van der Waals surface area contributed by atoms with E-state index in [0.29, 0.717) is 0 Å². The average Bonchev–Trinajstić information content (AvgIpc) is 2.95. The molecule has 1 aliphatic heterocycles. The molecule has 7 heteroatoms. The zero-order valence-electron chi connectivity index (χ0n) is 15.3. The number of amides is 2. The van der Waals surface area contributed by atoms with E-state index in [4.69, 9.17) is 11.6 Å². The van der Waals surface area contributed by atoms with E-state index in [1.807, 2.05) is 45.0 Å². The number of fused-ring (bicyclic) bond motifs is 1. The Morgan fingerprint density at radius 2 is 1.81 bits per heavy atom. The van der Waals surface area contributed by atoms with Crippen LogP contribution in [0.5, 0.6) is 11.5 Å². The van der Waals surface area contributed by atoms with Crippen LogP contribution in [0.15, 0.2) is 36.4 Å². The largest absolute Gasteiger partial charge is 0.507 e. The molecule has 2 aromatic carbocycles. The number of nitrogens with zero attached hydrogens (tertiary/aromatic N) is 1. The van der Waals surface area contributed by atoms with E-state index >= 15 is 0 Å². The summed E-state index contributed by atoms with van der Waals surface area (Å²) in [5.74, 6) is -1.56. The zero-order chi connectivity index (χ0) is 19.9. The summed E-state index contributed by atoms with van der Waals surface area (Å²) in [5.41, 5.74) is 1.08. The Balaban J connectivity index is 2.02. The lowest BCUT2D eigenvalue weighted by atomic mass is 10.0. The average molecular weight is 389 g/mol. The molecule has 1 heterocycles. The van der Waals surface area contributed by atoms with Crippen molar-refractivity contribution in [1.82, 2.24) is 10.2 Å². The van der Waals surface area contributed by atoms with Crippen molar-refractivity contribution in [2.24, 2.45) is 0 Å². The lowest BCUT2D eigenvalue weighted by Gasteiger charge is -2.29. The fourth-order valence-corrected chi connectivity index (χ4v) is 3.34. The summed E-state index contributed by atoms with van der Waals surface area (Å²) in [6.45, 7) is 5.83. The van der Waals surface area contributed by atoms with E-state index < -0.39 is 23.2 Å². The van der Waals surface area contributed by atoms with Gasteiger partial charge in [-0.15, -0.1) is 0 Å². The molecule has 0 saturated heterocycles. The smallest absolute Gasteiger partial charge is 0.258 e. The zero-order valence-corrected chi connectivity index (χ0v) is 16.0. The Kier molecular flexibility index (Phi) is 4.78. The van der Waals surface area contributed by atoms with Crippen molar-refractivity contribution in [3.05, 3.63) is 58.1 Å². The number of rotatable bonds is 2. The summed E-state index contributed by atoms with van der Waals surface area (Å²) >= 11 is 5.90. The fourth-order valence-electron chi connectivity index (χ4n) is 3.17. The van der Waals surface area contributed by atoms with Crippen LogP contribution in [0.2, 0.25) is 5.02 Å². The molecule has 2 aromatic rings. The second-order valence-corrected chi connectivity index (χ2v) is 8.00. The maximum absolute atomic E-state index is 13.1. The van der Waals surface area contributed by atoms with Crippen LogP contribution in [0.4, 0.5) is 0 Å². The Morgan fingerprint density at radius 3 is 2.48 bits per heavy atom. The van der Waals surface area contributed by atoms with Gasteiger partial charge in [-0.1, -0.05) is 35.9 Å². The molecule has 1 aliphatic rings. The number of nitrogens with one attached hydrogen (secondary N) is 1. The van der Waals surface area contributed by atoms with Gasteiger partial charge >= 0.3 is 0 Å². The van der Waals surface area contributed by atoms with Crippen molar-refractivity contribution in [2.75, 3.05) is 0 Å². The molecular formula is C20H21ClN2O4. The van der Waals surface area contributed by atoms with Crippen molar-refractivity contribution in [1.29, 1.82) is 0 Å². The SMILES string of the molecule is CC(C)(C)NC(=O)C1c2ccccc2CN1C(=O)c1cc(Cl)c(O)cc1O. The molecule has 142 valence electrons. The minimum atomic E-state index is -0.820. The Hall–Kier alpha value is -2.73. The molecule has 3 N–H and O–H groups in total. The predicted molar refractivity (Wildman–Crippen MR) is 102 cm³/mol. The van der Waals surface area contributed by atoms with Gasteiger partial charge < -0.3 is 20.4 Å². The topological polar surface area (TPSA) is 89.9 Å². The first-order valence-electron chi connectivity index (χ1n) is 8.51. The molecule has 0 spiro atoms. The quantitative estimate of drug-likeness (QED) is 0.735. The molecule has 0 radical (unpaired) electrons. The molecule has 6 nitrogen and oxygen atoms in total. The fraction of sp³-hybridized carbons (Fsp3) is 0.300. The highest BCUT2D eigenvalue weighted by molar-refractivity contribution is 6.32. The van der Waals surface area contributed by atoms with Gasteiger partial charge in [0.15, 0.2) is 0 Å². The van der Waals surface area contributed by atoms with E-state index in [1.165, 1.54) is 11.0 Å². The summed E-state index contributed by atoms with van der Waals surface area (Å²) in [5, 5.41) is 22.6. The molecule has 2 amide bonds. The molecule has 0 aromatic heterocycles. The van der Waals surface area contributed by atoms with Gasteiger partial charge in [0.25, 0.3) is 5.91 Å². The van der Waals surface area contributed by atoms with Gasteiger partial charge in [-0.3, -0.25) is 9.59 Å². The number of phenols is 2. The van der Waals surface area contributed by atoms with Crippen LogP contribution in [0.1, 0.15) is 48.3 Å². The minimum Gasteiger partial charge on any atom is -0.507 e. The van der Waals surface area contributed by atoms with Crippen LogP contribution in [0.3, 0.4) is 0 Å². The maximum Gasteiger partial charge on any atom is 0.258 e. The lowest BCUT2D eigenvalue weighted by molar-refractivity contribution is -0.127. The number of hydrogen-bond acceptors (Lipinski definition) is 4. The van der Waals surface area contributed by atoms with Crippen LogP contribution in [0, 0.1) is 0 Å². The van der Waals surface area contributed by atoms with Gasteiger partial charge in [-0.05, 0) is 38.0 Å². The highest BCUT2D eigenvalue weighted by Gasteiger charge is 2.40. The van der Waals surface area contributed by atoms with E-state index in [9.17, 15) is 19.8 Å². The standard InChI is InChI=1S/C20H21ClN2O4/c1-20(2,3)22-18(26)17-12-7-5-4-6-11(12)10-23(17)19(27)13-8-14(21)16(25)9-15(13)24/h4-9,17,24-25H,10H2,1-3H3,(H,22,26). The molecule has 27 heavy (non-hydrogen) atoms. The number of halogens is 1. The highest BCUT2D eigenvalue weighted by Crippen LogP contribution is 2.38. The normalized spacial score (nSPS) is 16.1. The van der Waals surface area contributed by atoms with Crippen molar-refractivity contribution < 1.29 is 19.8 Å². The first kappa shape index (κ1) is 19.0. The molecule has 0 saturated carbocycles. The molecular weight excluding hydrogens is 368 g/mol.